The maximum absolute atomic E-state index is 9.80. The van der Waals surface area contributed by atoms with Crippen molar-refractivity contribution in [1.82, 2.24) is 15.3 Å². The average molecular weight is 432 g/mol. The molecule has 0 amide bonds. The fraction of sp³-hybridized carbons (Fsp3) is 0.565. The number of anilines is 2. The van der Waals surface area contributed by atoms with E-state index in [1.54, 1.807) is 14.0 Å². The molecule has 0 saturated carbocycles. The molecular weight excluding hydrogens is 394 g/mol. The number of hydrogen-bond acceptors (Lipinski definition) is 8. The second-order valence-electron chi connectivity index (χ2n) is 7.78. The van der Waals surface area contributed by atoms with Gasteiger partial charge in [0, 0.05) is 29.8 Å². The van der Waals surface area contributed by atoms with E-state index in [1.807, 2.05) is 32.2 Å². The van der Waals surface area contributed by atoms with Crippen LogP contribution in [0, 0.1) is 6.92 Å². The number of hydrogen-bond donors (Lipinski definition) is 4. The Balaban J connectivity index is 2.26. The van der Waals surface area contributed by atoms with Crippen molar-refractivity contribution in [1.29, 1.82) is 0 Å². The van der Waals surface area contributed by atoms with Crippen molar-refractivity contribution in [2.75, 3.05) is 38.4 Å². The number of nitrogens with two attached hydrogens (primary N) is 1. The molecule has 2 unspecified atom stereocenters. The number of methoxy groups -OCH3 is 1. The quantitative estimate of drug-likeness (QED) is 0.358. The largest absolute Gasteiger partial charge is 0.496 e. The Labute approximate surface area is 185 Å². The average Bonchev–Trinajstić information content (AvgIpc) is 2.73. The van der Waals surface area contributed by atoms with Gasteiger partial charge in [-0.3, -0.25) is 0 Å². The number of aromatic nitrogens is 2. The summed E-state index contributed by atoms with van der Waals surface area (Å²) in [7, 11) is 3.59. The first-order valence-electron chi connectivity index (χ1n) is 10.9. The molecule has 1 heterocycles. The zero-order chi connectivity index (χ0) is 22.8. The molecule has 0 bridgehead atoms. The molecule has 172 valence electrons. The third-order valence-corrected chi connectivity index (χ3v) is 5.16. The summed E-state index contributed by atoms with van der Waals surface area (Å²) >= 11 is 0. The van der Waals surface area contributed by atoms with Crippen molar-refractivity contribution in [2.45, 2.75) is 58.6 Å². The number of nitrogen functional groups attached to an aromatic ring is 1. The second kappa shape index (κ2) is 12.3. The van der Waals surface area contributed by atoms with Gasteiger partial charge in [0.05, 0.1) is 19.8 Å². The van der Waals surface area contributed by atoms with Crippen LogP contribution in [0.5, 0.6) is 11.5 Å². The molecule has 31 heavy (non-hydrogen) atoms. The van der Waals surface area contributed by atoms with Gasteiger partial charge in [0.25, 0.3) is 0 Å². The number of nitrogens with one attached hydrogen (secondary N) is 2. The summed E-state index contributed by atoms with van der Waals surface area (Å²) in [5.74, 6) is 2.47. The van der Waals surface area contributed by atoms with E-state index in [0.29, 0.717) is 25.3 Å². The van der Waals surface area contributed by atoms with E-state index < -0.39 is 6.10 Å². The minimum Gasteiger partial charge on any atom is -0.496 e. The fourth-order valence-corrected chi connectivity index (χ4v) is 3.47. The van der Waals surface area contributed by atoms with Crippen molar-refractivity contribution in [3.8, 4) is 11.5 Å². The minimum atomic E-state index is -0.401. The third-order valence-electron chi connectivity index (χ3n) is 5.16. The molecule has 0 spiro atoms. The van der Waals surface area contributed by atoms with Crippen LogP contribution in [-0.2, 0) is 6.42 Å². The highest BCUT2D eigenvalue weighted by Gasteiger charge is 2.18. The van der Waals surface area contributed by atoms with Crippen molar-refractivity contribution < 1.29 is 14.6 Å². The highest BCUT2D eigenvalue weighted by molar-refractivity contribution is 5.54. The first-order valence-corrected chi connectivity index (χ1v) is 10.9. The molecule has 8 nitrogen and oxygen atoms in total. The van der Waals surface area contributed by atoms with Crippen LogP contribution in [0.25, 0.3) is 0 Å². The number of nitrogens with zero attached hydrogens (tertiary/aromatic N) is 2. The monoisotopic (exact) mass is 431 g/mol. The zero-order valence-electron chi connectivity index (χ0n) is 19.4. The molecule has 2 aromatic rings. The van der Waals surface area contributed by atoms with Gasteiger partial charge >= 0.3 is 0 Å². The van der Waals surface area contributed by atoms with Crippen LogP contribution in [0.15, 0.2) is 18.2 Å². The van der Waals surface area contributed by atoms with Crippen LogP contribution in [0.4, 0.5) is 11.8 Å². The molecule has 0 aliphatic rings. The molecule has 0 fully saturated rings. The van der Waals surface area contributed by atoms with Crippen LogP contribution in [-0.4, -0.2) is 54.5 Å². The summed E-state index contributed by atoms with van der Waals surface area (Å²) in [5, 5.41) is 16.4. The van der Waals surface area contributed by atoms with E-state index in [1.165, 1.54) is 0 Å². The summed E-state index contributed by atoms with van der Waals surface area (Å²) in [5.41, 5.74) is 8.71. The van der Waals surface area contributed by atoms with Crippen molar-refractivity contribution in [3.63, 3.8) is 0 Å². The number of ether oxygens (including phenoxy) is 2. The maximum atomic E-state index is 9.80. The standard InChI is InChI=1S/C23H37N5O3/c1-6-18(12-15(2)29)27-22-20(16(3)26-23(24)28-22)13-17-8-9-19(14-21(17)30-5)31-11-7-10-25-4/h8-9,14-15,18,25,29H,6-7,10-13H2,1-5H3,(H3,24,26,27,28). The molecule has 8 heteroatoms. The van der Waals surface area contributed by atoms with E-state index >= 15 is 0 Å². The highest BCUT2D eigenvalue weighted by atomic mass is 16.5. The molecule has 2 rings (SSSR count). The van der Waals surface area contributed by atoms with Crippen LogP contribution >= 0.6 is 0 Å². The van der Waals surface area contributed by atoms with Gasteiger partial charge in [-0.1, -0.05) is 13.0 Å². The van der Waals surface area contributed by atoms with E-state index in [-0.39, 0.29) is 12.0 Å². The first-order chi connectivity index (χ1) is 14.9. The SMILES string of the molecule is CCC(CC(C)O)Nc1nc(N)nc(C)c1Cc1ccc(OCCCNC)cc1OC. The number of rotatable bonds is 13. The predicted octanol–water partition coefficient (Wildman–Crippen LogP) is 2.92. The lowest BCUT2D eigenvalue weighted by molar-refractivity contribution is 0.176. The Morgan fingerprint density at radius 3 is 2.68 bits per heavy atom. The lowest BCUT2D eigenvalue weighted by atomic mass is 10.0. The Kier molecular flexibility index (Phi) is 9.81. The fourth-order valence-electron chi connectivity index (χ4n) is 3.47. The summed E-state index contributed by atoms with van der Waals surface area (Å²) in [6.45, 7) is 7.35. The van der Waals surface area contributed by atoms with Crippen molar-refractivity contribution in [3.05, 3.63) is 35.0 Å². The molecule has 0 aliphatic heterocycles. The Hall–Kier alpha value is -2.58. The molecule has 0 saturated heterocycles. The molecule has 0 radical (unpaired) electrons. The molecule has 0 aliphatic carbocycles. The zero-order valence-corrected chi connectivity index (χ0v) is 19.4. The number of benzene rings is 1. The normalized spacial score (nSPS) is 13.0. The van der Waals surface area contributed by atoms with E-state index in [9.17, 15) is 5.11 Å². The minimum absolute atomic E-state index is 0.0859. The lowest BCUT2D eigenvalue weighted by Gasteiger charge is -2.22. The van der Waals surface area contributed by atoms with Gasteiger partial charge in [-0.25, -0.2) is 4.98 Å². The van der Waals surface area contributed by atoms with E-state index in [0.717, 1.165) is 47.7 Å². The molecule has 5 N–H and O–H groups in total. The van der Waals surface area contributed by atoms with Gasteiger partial charge in [-0.05, 0) is 58.3 Å². The third kappa shape index (κ3) is 7.56. The lowest BCUT2D eigenvalue weighted by Crippen LogP contribution is -2.25. The van der Waals surface area contributed by atoms with Crippen LogP contribution < -0.4 is 25.8 Å². The molecule has 2 atom stereocenters. The first kappa shape index (κ1) is 24.7. The van der Waals surface area contributed by atoms with Crippen LogP contribution in [0.3, 0.4) is 0 Å². The summed E-state index contributed by atoms with van der Waals surface area (Å²) in [6, 6.07) is 5.97. The highest BCUT2D eigenvalue weighted by Crippen LogP contribution is 2.30. The Morgan fingerprint density at radius 2 is 2.03 bits per heavy atom. The van der Waals surface area contributed by atoms with Crippen molar-refractivity contribution in [2.24, 2.45) is 0 Å². The topological polar surface area (TPSA) is 115 Å². The molecule has 1 aromatic heterocycles. The Morgan fingerprint density at radius 1 is 1.26 bits per heavy atom. The second-order valence-corrected chi connectivity index (χ2v) is 7.78. The number of aliphatic hydroxyl groups is 1. The Bertz CT molecular complexity index is 829. The van der Waals surface area contributed by atoms with Gasteiger partial charge < -0.3 is 30.9 Å². The van der Waals surface area contributed by atoms with E-state index in [4.69, 9.17) is 15.2 Å². The molecule has 1 aromatic carbocycles. The predicted molar refractivity (Wildman–Crippen MR) is 125 cm³/mol. The van der Waals surface area contributed by atoms with Gasteiger partial charge in [0.15, 0.2) is 0 Å². The maximum Gasteiger partial charge on any atom is 0.222 e. The summed E-state index contributed by atoms with van der Waals surface area (Å²) in [6.07, 6.45) is 2.60. The summed E-state index contributed by atoms with van der Waals surface area (Å²) < 4.78 is 11.5. The number of aryl methyl sites for hydroxylation is 1. The van der Waals surface area contributed by atoms with Crippen LogP contribution in [0.2, 0.25) is 0 Å². The van der Waals surface area contributed by atoms with E-state index in [2.05, 4.69) is 27.5 Å². The van der Waals surface area contributed by atoms with Gasteiger partial charge in [-0.2, -0.15) is 4.98 Å². The van der Waals surface area contributed by atoms with Gasteiger partial charge in [0.1, 0.15) is 17.3 Å². The van der Waals surface area contributed by atoms with Gasteiger partial charge in [-0.15, -0.1) is 0 Å². The van der Waals surface area contributed by atoms with Gasteiger partial charge in [0.2, 0.25) is 5.95 Å². The molecular formula is C23H37N5O3. The van der Waals surface area contributed by atoms with Crippen molar-refractivity contribution >= 4 is 11.8 Å². The van der Waals surface area contributed by atoms with Crippen LogP contribution in [0.1, 0.15) is 49.9 Å². The smallest absolute Gasteiger partial charge is 0.222 e. The summed E-state index contributed by atoms with van der Waals surface area (Å²) in [4.78, 5) is 8.82. The number of aliphatic hydroxyl groups excluding tert-OH is 1.